The number of nitrogens with zero attached hydrogens (tertiary/aromatic N) is 3. The lowest BCUT2D eigenvalue weighted by Crippen LogP contribution is -2.34. The van der Waals surface area contributed by atoms with Crippen LogP contribution in [0.15, 0.2) is 61.1 Å². The largest absolute Gasteiger partial charge is 0.477 e. The first kappa shape index (κ1) is 16.4. The lowest BCUT2D eigenvalue weighted by atomic mass is 10.1. The first-order valence-corrected chi connectivity index (χ1v) is 9.21. The zero-order chi connectivity index (χ0) is 19.3. The minimum absolute atomic E-state index is 0.0686. The number of urea groups is 1. The molecule has 1 aliphatic rings. The summed E-state index contributed by atoms with van der Waals surface area (Å²) in [5.74, 6) is -1.09. The lowest BCUT2D eigenvalue weighted by Gasteiger charge is -2.28. The second-order valence-electron chi connectivity index (χ2n) is 6.18. The maximum atomic E-state index is 12.9. The number of hydrogen-bond acceptors (Lipinski definition) is 5. The summed E-state index contributed by atoms with van der Waals surface area (Å²) < 4.78 is 0. The van der Waals surface area contributed by atoms with Gasteiger partial charge in [-0.1, -0.05) is 30.3 Å². The van der Waals surface area contributed by atoms with E-state index in [0.717, 1.165) is 22.5 Å². The molecule has 2 N–H and O–H groups in total. The van der Waals surface area contributed by atoms with E-state index >= 15 is 0 Å². The van der Waals surface area contributed by atoms with Crippen molar-refractivity contribution in [3.8, 4) is 11.1 Å². The second kappa shape index (κ2) is 6.14. The molecule has 7 nitrogen and oxygen atoms in total. The molecule has 0 atom stereocenters. The van der Waals surface area contributed by atoms with Gasteiger partial charge in [0.15, 0.2) is 0 Å². The van der Waals surface area contributed by atoms with Crippen molar-refractivity contribution >= 4 is 50.6 Å². The fourth-order valence-corrected chi connectivity index (χ4v) is 4.29. The third-order valence-electron chi connectivity index (χ3n) is 4.53. The number of carbonyl (C=O) groups is 2. The van der Waals surface area contributed by atoms with Gasteiger partial charge < -0.3 is 10.4 Å². The molecule has 136 valence electrons. The van der Waals surface area contributed by atoms with Gasteiger partial charge in [-0.15, -0.1) is 11.3 Å². The van der Waals surface area contributed by atoms with Gasteiger partial charge in [0.25, 0.3) is 0 Å². The second-order valence-corrected chi connectivity index (χ2v) is 7.18. The van der Waals surface area contributed by atoms with Crippen LogP contribution in [0.1, 0.15) is 9.67 Å². The maximum absolute atomic E-state index is 12.9. The van der Waals surface area contributed by atoms with Crippen molar-refractivity contribution in [3.63, 3.8) is 0 Å². The Morgan fingerprint density at radius 2 is 1.93 bits per heavy atom. The van der Waals surface area contributed by atoms with Crippen molar-refractivity contribution in [1.82, 2.24) is 9.97 Å². The Balaban J connectivity index is 1.70. The number of pyridine rings is 2. The third kappa shape index (κ3) is 2.43. The topological polar surface area (TPSA) is 95.4 Å². The number of carboxylic acid groups (broad SMARTS) is 1. The summed E-state index contributed by atoms with van der Waals surface area (Å²) in [4.78, 5) is 35.1. The molecule has 0 saturated heterocycles. The summed E-state index contributed by atoms with van der Waals surface area (Å²) in [6.07, 6.45) is 4.92. The highest BCUT2D eigenvalue weighted by Gasteiger charge is 2.32. The highest BCUT2D eigenvalue weighted by Crippen LogP contribution is 2.45. The van der Waals surface area contributed by atoms with E-state index in [1.807, 2.05) is 36.4 Å². The molecule has 28 heavy (non-hydrogen) atoms. The zero-order valence-electron chi connectivity index (χ0n) is 14.3. The van der Waals surface area contributed by atoms with Gasteiger partial charge in [-0.2, -0.15) is 0 Å². The minimum atomic E-state index is -1.09. The van der Waals surface area contributed by atoms with E-state index in [2.05, 4.69) is 15.3 Å². The molecule has 4 heterocycles. The molecule has 8 heteroatoms. The number of benzene rings is 1. The molecule has 4 aromatic rings. The summed E-state index contributed by atoms with van der Waals surface area (Å²) in [5, 5.41) is 12.8. The molecule has 0 unspecified atom stereocenters. The molecule has 5 rings (SSSR count). The van der Waals surface area contributed by atoms with Crippen LogP contribution in [0.4, 0.5) is 21.9 Å². The van der Waals surface area contributed by atoms with Crippen molar-refractivity contribution < 1.29 is 14.7 Å². The van der Waals surface area contributed by atoms with Crippen molar-refractivity contribution in [1.29, 1.82) is 0 Å². The fourth-order valence-electron chi connectivity index (χ4n) is 3.33. The Hall–Kier alpha value is -3.78. The van der Waals surface area contributed by atoms with Gasteiger partial charge in [0.1, 0.15) is 9.71 Å². The number of hydrogen-bond donors (Lipinski definition) is 2. The van der Waals surface area contributed by atoms with E-state index < -0.39 is 12.0 Å². The van der Waals surface area contributed by atoms with Gasteiger partial charge in [-0.05, 0) is 17.7 Å². The molecule has 1 aliphatic heterocycles. The van der Waals surface area contributed by atoms with E-state index in [1.165, 1.54) is 4.90 Å². The number of anilines is 3. The van der Waals surface area contributed by atoms with Crippen LogP contribution >= 0.6 is 11.3 Å². The lowest BCUT2D eigenvalue weighted by molar-refractivity contribution is 0.0703. The zero-order valence-corrected chi connectivity index (χ0v) is 15.1. The first-order valence-electron chi connectivity index (χ1n) is 8.40. The summed E-state index contributed by atoms with van der Waals surface area (Å²) in [5.41, 5.74) is 3.32. The molecule has 1 aromatic carbocycles. The van der Waals surface area contributed by atoms with Crippen LogP contribution in [0.5, 0.6) is 0 Å². The SMILES string of the molecule is O=C(O)c1sc2nccc3c2c1NC(=O)N3c1cncc(-c2ccccc2)c1. The summed E-state index contributed by atoms with van der Waals surface area (Å²) in [6, 6.07) is 12.9. The van der Waals surface area contributed by atoms with Gasteiger partial charge in [-0.3, -0.25) is 9.88 Å². The molecular weight excluding hydrogens is 376 g/mol. The first-order chi connectivity index (χ1) is 13.6. The molecule has 0 bridgehead atoms. The van der Waals surface area contributed by atoms with Crippen molar-refractivity contribution in [2.75, 3.05) is 10.2 Å². The predicted octanol–water partition coefficient (Wildman–Crippen LogP) is 4.74. The number of carboxylic acids is 1. The number of aromatic nitrogens is 2. The highest BCUT2D eigenvalue weighted by molar-refractivity contribution is 7.21. The number of aromatic carboxylic acids is 1. The number of nitrogens with one attached hydrogen (secondary N) is 1. The summed E-state index contributed by atoms with van der Waals surface area (Å²) in [7, 11) is 0. The summed E-state index contributed by atoms with van der Waals surface area (Å²) in [6.45, 7) is 0. The Bertz CT molecular complexity index is 1250. The molecule has 0 fully saturated rings. The number of rotatable bonds is 3. The smallest absolute Gasteiger partial charge is 0.348 e. The van der Waals surface area contributed by atoms with Gasteiger partial charge in [0, 0.05) is 18.0 Å². The van der Waals surface area contributed by atoms with Crippen LogP contribution in [0.3, 0.4) is 0 Å². The Morgan fingerprint density at radius 1 is 1.11 bits per heavy atom. The van der Waals surface area contributed by atoms with Crippen LogP contribution in [0, 0.1) is 0 Å². The monoisotopic (exact) mass is 388 g/mol. The van der Waals surface area contributed by atoms with E-state index in [0.29, 0.717) is 27.3 Å². The molecule has 0 saturated carbocycles. The predicted molar refractivity (Wildman–Crippen MR) is 107 cm³/mol. The van der Waals surface area contributed by atoms with E-state index in [9.17, 15) is 14.7 Å². The standard InChI is InChI=1S/C20H12N4O3S/c25-19(26)17-16-15-14(6-7-22-18(15)28-17)24(20(27)23-16)13-8-12(9-21-10-13)11-4-2-1-3-5-11/h1-10H,(H,23,27)(H,25,26). The van der Waals surface area contributed by atoms with Crippen molar-refractivity contribution in [3.05, 3.63) is 65.9 Å². The Labute approximate surface area is 162 Å². The number of amides is 2. The molecular formula is C20H12N4O3S. The van der Waals surface area contributed by atoms with Crippen molar-refractivity contribution in [2.24, 2.45) is 0 Å². The van der Waals surface area contributed by atoms with E-state index in [-0.39, 0.29) is 4.88 Å². The highest BCUT2D eigenvalue weighted by atomic mass is 32.1. The molecule has 3 aromatic heterocycles. The normalized spacial score (nSPS) is 12.9. The Kier molecular flexibility index (Phi) is 3.59. The van der Waals surface area contributed by atoms with E-state index in [1.54, 1.807) is 24.7 Å². The average Bonchev–Trinajstić information content (AvgIpc) is 3.09. The van der Waals surface area contributed by atoms with Crippen molar-refractivity contribution in [2.45, 2.75) is 0 Å². The van der Waals surface area contributed by atoms with Gasteiger partial charge in [-0.25, -0.2) is 14.6 Å². The maximum Gasteiger partial charge on any atom is 0.348 e. The quantitative estimate of drug-likeness (QED) is 0.528. The molecule has 0 aliphatic carbocycles. The minimum Gasteiger partial charge on any atom is -0.477 e. The van der Waals surface area contributed by atoms with Crippen LogP contribution in [-0.4, -0.2) is 27.1 Å². The van der Waals surface area contributed by atoms with Gasteiger partial charge >= 0.3 is 12.0 Å². The van der Waals surface area contributed by atoms with Crippen LogP contribution in [0.2, 0.25) is 0 Å². The third-order valence-corrected chi connectivity index (χ3v) is 5.62. The average molecular weight is 388 g/mol. The van der Waals surface area contributed by atoms with Crippen LogP contribution in [0.25, 0.3) is 21.3 Å². The Morgan fingerprint density at radius 3 is 2.71 bits per heavy atom. The molecule has 2 amide bonds. The number of thiophene rings is 1. The van der Waals surface area contributed by atoms with Crippen LogP contribution in [-0.2, 0) is 0 Å². The number of carbonyl (C=O) groups excluding carboxylic acids is 1. The van der Waals surface area contributed by atoms with Gasteiger partial charge in [0.05, 0.1) is 28.6 Å². The fraction of sp³-hybridized carbons (Fsp3) is 0. The van der Waals surface area contributed by atoms with E-state index in [4.69, 9.17) is 0 Å². The summed E-state index contributed by atoms with van der Waals surface area (Å²) >= 11 is 1.04. The molecule has 0 spiro atoms. The van der Waals surface area contributed by atoms with Gasteiger partial charge in [0.2, 0.25) is 0 Å². The molecule has 0 radical (unpaired) electrons. The van der Waals surface area contributed by atoms with Crippen LogP contribution < -0.4 is 10.2 Å².